The zero-order chi connectivity index (χ0) is 8.27. The van der Waals surface area contributed by atoms with E-state index in [1.54, 1.807) is 0 Å². The average molecular weight is 158 g/mol. The van der Waals surface area contributed by atoms with Crippen molar-refractivity contribution in [1.82, 2.24) is 0 Å². The monoisotopic (exact) mass is 158 g/mol. The van der Waals surface area contributed by atoms with Crippen molar-refractivity contribution in [3.8, 4) is 0 Å². The van der Waals surface area contributed by atoms with E-state index >= 15 is 0 Å². The molecule has 1 fully saturated rings. The van der Waals surface area contributed by atoms with Crippen molar-refractivity contribution >= 4 is 5.91 Å². The Morgan fingerprint density at radius 1 is 1.73 bits per heavy atom. The molecule has 0 spiro atoms. The molecule has 1 amide bonds. The Balaban J connectivity index is 2.46. The highest BCUT2D eigenvalue weighted by molar-refractivity contribution is 5.77. The topological polar surface area (TPSA) is 78.3 Å². The van der Waals surface area contributed by atoms with E-state index < -0.39 is 0 Å². The predicted octanol–water partition coefficient (Wildman–Crippen LogP) is -0.917. The maximum Gasteiger partial charge on any atom is 0.222 e. The standard InChI is InChI=1S/C7H14N2O2/c8-3-6(7(9)10)5-1-2-11-4-5/h5-6H,1-4,8H2,(H2,9,10). The van der Waals surface area contributed by atoms with Gasteiger partial charge in [0.15, 0.2) is 0 Å². The molecule has 0 saturated carbocycles. The molecule has 0 aliphatic carbocycles. The van der Waals surface area contributed by atoms with Gasteiger partial charge in [-0.15, -0.1) is 0 Å². The zero-order valence-corrected chi connectivity index (χ0v) is 6.45. The summed E-state index contributed by atoms with van der Waals surface area (Å²) >= 11 is 0. The van der Waals surface area contributed by atoms with Gasteiger partial charge in [0.05, 0.1) is 12.5 Å². The van der Waals surface area contributed by atoms with E-state index in [0.717, 1.165) is 13.0 Å². The molecule has 1 saturated heterocycles. The van der Waals surface area contributed by atoms with Crippen LogP contribution in [0, 0.1) is 11.8 Å². The second-order valence-corrected chi connectivity index (χ2v) is 2.87. The van der Waals surface area contributed by atoms with Crippen LogP contribution in [0.5, 0.6) is 0 Å². The van der Waals surface area contributed by atoms with Crippen LogP contribution in [0.1, 0.15) is 6.42 Å². The van der Waals surface area contributed by atoms with Crippen molar-refractivity contribution in [2.75, 3.05) is 19.8 Å². The summed E-state index contributed by atoms with van der Waals surface area (Å²) < 4.78 is 5.13. The molecular formula is C7H14N2O2. The van der Waals surface area contributed by atoms with Crippen molar-refractivity contribution in [3.05, 3.63) is 0 Å². The lowest BCUT2D eigenvalue weighted by Gasteiger charge is -2.15. The van der Waals surface area contributed by atoms with Crippen LogP contribution in [0.2, 0.25) is 0 Å². The second kappa shape index (κ2) is 3.69. The molecule has 4 nitrogen and oxygen atoms in total. The first kappa shape index (κ1) is 8.49. The van der Waals surface area contributed by atoms with E-state index in [1.807, 2.05) is 0 Å². The number of amides is 1. The van der Waals surface area contributed by atoms with Crippen LogP contribution in [-0.2, 0) is 9.53 Å². The Bertz CT molecular complexity index is 143. The molecule has 2 atom stereocenters. The van der Waals surface area contributed by atoms with Gasteiger partial charge < -0.3 is 16.2 Å². The number of primary amides is 1. The second-order valence-electron chi connectivity index (χ2n) is 2.87. The number of carbonyl (C=O) groups excluding carboxylic acids is 1. The van der Waals surface area contributed by atoms with Crippen molar-refractivity contribution < 1.29 is 9.53 Å². The first-order valence-corrected chi connectivity index (χ1v) is 3.83. The highest BCUT2D eigenvalue weighted by Gasteiger charge is 2.28. The van der Waals surface area contributed by atoms with Gasteiger partial charge in [0.1, 0.15) is 0 Å². The molecule has 1 aliphatic heterocycles. The van der Waals surface area contributed by atoms with Crippen molar-refractivity contribution in [1.29, 1.82) is 0 Å². The van der Waals surface area contributed by atoms with E-state index in [-0.39, 0.29) is 17.7 Å². The van der Waals surface area contributed by atoms with Gasteiger partial charge in [0, 0.05) is 13.2 Å². The van der Waals surface area contributed by atoms with Gasteiger partial charge in [0.2, 0.25) is 5.91 Å². The highest BCUT2D eigenvalue weighted by Crippen LogP contribution is 2.20. The fourth-order valence-corrected chi connectivity index (χ4v) is 1.41. The summed E-state index contributed by atoms with van der Waals surface area (Å²) in [6.07, 6.45) is 0.908. The molecule has 2 unspecified atom stereocenters. The van der Waals surface area contributed by atoms with Crippen LogP contribution >= 0.6 is 0 Å². The minimum atomic E-state index is -0.303. The smallest absolute Gasteiger partial charge is 0.222 e. The van der Waals surface area contributed by atoms with Gasteiger partial charge in [-0.05, 0) is 12.3 Å². The van der Waals surface area contributed by atoms with E-state index in [9.17, 15) is 4.79 Å². The average Bonchev–Trinajstić information content (AvgIpc) is 2.40. The van der Waals surface area contributed by atoms with E-state index in [4.69, 9.17) is 16.2 Å². The Hall–Kier alpha value is -0.610. The van der Waals surface area contributed by atoms with Crippen LogP contribution in [-0.4, -0.2) is 25.7 Å². The fourth-order valence-electron chi connectivity index (χ4n) is 1.41. The molecule has 1 heterocycles. The quantitative estimate of drug-likeness (QED) is 0.557. The number of hydrogen-bond acceptors (Lipinski definition) is 3. The third kappa shape index (κ3) is 1.91. The van der Waals surface area contributed by atoms with E-state index in [0.29, 0.717) is 13.2 Å². The molecule has 0 aromatic carbocycles. The molecular weight excluding hydrogens is 144 g/mol. The van der Waals surface area contributed by atoms with Gasteiger partial charge in [-0.1, -0.05) is 0 Å². The summed E-state index contributed by atoms with van der Waals surface area (Å²) in [6.45, 7) is 1.70. The van der Waals surface area contributed by atoms with Crippen LogP contribution < -0.4 is 11.5 Å². The first-order valence-electron chi connectivity index (χ1n) is 3.83. The summed E-state index contributed by atoms with van der Waals surface area (Å²) in [5.41, 5.74) is 10.5. The summed E-state index contributed by atoms with van der Waals surface area (Å²) in [7, 11) is 0. The number of ether oxygens (including phenoxy) is 1. The maximum absolute atomic E-state index is 10.8. The van der Waals surface area contributed by atoms with E-state index in [1.165, 1.54) is 0 Å². The molecule has 1 rings (SSSR count). The Kier molecular flexibility index (Phi) is 2.84. The summed E-state index contributed by atoms with van der Waals surface area (Å²) in [5.74, 6) is -0.252. The van der Waals surface area contributed by atoms with Crippen LogP contribution in [0.15, 0.2) is 0 Å². The van der Waals surface area contributed by atoms with Crippen LogP contribution in [0.25, 0.3) is 0 Å². The first-order chi connectivity index (χ1) is 5.25. The number of hydrogen-bond donors (Lipinski definition) is 2. The third-order valence-electron chi connectivity index (χ3n) is 2.15. The molecule has 0 aromatic heterocycles. The van der Waals surface area contributed by atoms with Crippen molar-refractivity contribution in [2.45, 2.75) is 6.42 Å². The molecule has 4 N–H and O–H groups in total. The number of rotatable bonds is 3. The Labute approximate surface area is 65.9 Å². The minimum absolute atomic E-state index is 0.197. The summed E-state index contributed by atoms with van der Waals surface area (Å²) in [4.78, 5) is 10.8. The fraction of sp³-hybridized carbons (Fsp3) is 0.857. The molecule has 0 radical (unpaired) electrons. The highest BCUT2D eigenvalue weighted by atomic mass is 16.5. The molecule has 11 heavy (non-hydrogen) atoms. The van der Waals surface area contributed by atoms with Crippen molar-refractivity contribution in [3.63, 3.8) is 0 Å². The SMILES string of the molecule is NCC(C(N)=O)C1CCOC1. The van der Waals surface area contributed by atoms with Crippen LogP contribution in [0.3, 0.4) is 0 Å². The van der Waals surface area contributed by atoms with Gasteiger partial charge in [-0.3, -0.25) is 4.79 Å². The lowest BCUT2D eigenvalue weighted by molar-refractivity contribution is -0.123. The zero-order valence-electron chi connectivity index (χ0n) is 6.45. The summed E-state index contributed by atoms with van der Waals surface area (Å²) in [5, 5.41) is 0. The Morgan fingerprint density at radius 3 is 2.82 bits per heavy atom. The molecule has 1 aliphatic rings. The predicted molar refractivity (Wildman–Crippen MR) is 40.7 cm³/mol. The van der Waals surface area contributed by atoms with E-state index in [2.05, 4.69) is 0 Å². The minimum Gasteiger partial charge on any atom is -0.381 e. The van der Waals surface area contributed by atoms with Gasteiger partial charge in [-0.2, -0.15) is 0 Å². The van der Waals surface area contributed by atoms with Gasteiger partial charge >= 0.3 is 0 Å². The van der Waals surface area contributed by atoms with Crippen molar-refractivity contribution in [2.24, 2.45) is 23.3 Å². The maximum atomic E-state index is 10.8. The lowest BCUT2D eigenvalue weighted by Crippen LogP contribution is -2.35. The largest absolute Gasteiger partial charge is 0.381 e. The molecule has 0 bridgehead atoms. The Morgan fingerprint density at radius 2 is 2.45 bits per heavy atom. The normalized spacial score (nSPS) is 26.8. The summed E-state index contributed by atoms with van der Waals surface area (Å²) in [6, 6.07) is 0. The number of nitrogens with two attached hydrogens (primary N) is 2. The third-order valence-corrected chi connectivity index (χ3v) is 2.15. The molecule has 0 aromatic rings. The lowest BCUT2D eigenvalue weighted by atomic mass is 9.91. The number of carbonyl (C=O) groups is 1. The van der Waals surface area contributed by atoms with Gasteiger partial charge in [0.25, 0.3) is 0 Å². The van der Waals surface area contributed by atoms with Crippen LogP contribution in [0.4, 0.5) is 0 Å². The van der Waals surface area contributed by atoms with Gasteiger partial charge in [-0.25, -0.2) is 0 Å². The molecule has 64 valence electrons. The molecule has 4 heteroatoms.